The minimum absolute atomic E-state index is 0.0967. The van der Waals surface area contributed by atoms with Crippen LogP contribution >= 0.6 is 0 Å². The van der Waals surface area contributed by atoms with Crippen LogP contribution in [-0.4, -0.2) is 36.1 Å². The van der Waals surface area contributed by atoms with E-state index in [-0.39, 0.29) is 23.3 Å². The van der Waals surface area contributed by atoms with Crippen LogP contribution in [0.15, 0.2) is 18.2 Å². The van der Waals surface area contributed by atoms with Gasteiger partial charge in [0.1, 0.15) is 0 Å². The SMILES string of the molecule is CCCC(C)N(C)C(=O)c1cccc(OC)c1O. The van der Waals surface area contributed by atoms with Crippen molar-refractivity contribution in [3.63, 3.8) is 0 Å². The van der Waals surface area contributed by atoms with Crippen LogP contribution in [0.4, 0.5) is 0 Å². The molecule has 0 aliphatic carbocycles. The Morgan fingerprint density at radius 2 is 2.17 bits per heavy atom. The molecule has 0 aromatic heterocycles. The summed E-state index contributed by atoms with van der Waals surface area (Å²) in [6.45, 7) is 4.08. The number of nitrogens with zero attached hydrogens (tertiary/aromatic N) is 1. The van der Waals surface area contributed by atoms with Crippen molar-refractivity contribution in [1.82, 2.24) is 4.90 Å². The lowest BCUT2D eigenvalue weighted by molar-refractivity contribution is 0.0733. The molecule has 0 fully saturated rings. The van der Waals surface area contributed by atoms with Crippen LogP contribution in [0.2, 0.25) is 0 Å². The number of aromatic hydroxyl groups is 1. The van der Waals surface area contributed by atoms with Gasteiger partial charge in [0.15, 0.2) is 11.5 Å². The van der Waals surface area contributed by atoms with E-state index in [1.807, 2.05) is 6.92 Å². The van der Waals surface area contributed by atoms with E-state index in [1.165, 1.54) is 7.11 Å². The molecule has 1 unspecified atom stereocenters. The fraction of sp³-hybridized carbons (Fsp3) is 0.500. The normalized spacial score (nSPS) is 12.0. The van der Waals surface area contributed by atoms with Gasteiger partial charge in [-0.15, -0.1) is 0 Å². The maximum Gasteiger partial charge on any atom is 0.257 e. The molecule has 1 atom stereocenters. The van der Waals surface area contributed by atoms with Crippen molar-refractivity contribution in [3.8, 4) is 11.5 Å². The van der Waals surface area contributed by atoms with Gasteiger partial charge in [-0.2, -0.15) is 0 Å². The molecule has 0 spiro atoms. The lowest BCUT2D eigenvalue weighted by Gasteiger charge is -2.25. The highest BCUT2D eigenvalue weighted by Gasteiger charge is 2.21. The summed E-state index contributed by atoms with van der Waals surface area (Å²) in [6, 6.07) is 5.08. The number of ether oxygens (including phenoxy) is 1. The van der Waals surface area contributed by atoms with Crippen molar-refractivity contribution in [2.45, 2.75) is 32.7 Å². The zero-order chi connectivity index (χ0) is 13.7. The van der Waals surface area contributed by atoms with Gasteiger partial charge in [0.25, 0.3) is 5.91 Å². The Labute approximate surface area is 108 Å². The van der Waals surface area contributed by atoms with Crippen molar-refractivity contribution < 1.29 is 14.6 Å². The number of benzene rings is 1. The highest BCUT2D eigenvalue weighted by Crippen LogP contribution is 2.30. The summed E-state index contributed by atoms with van der Waals surface area (Å²) >= 11 is 0. The van der Waals surface area contributed by atoms with Crippen LogP contribution in [0.25, 0.3) is 0 Å². The predicted molar refractivity (Wildman–Crippen MR) is 71.1 cm³/mol. The second kappa shape index (κ2) is 6.28. The van der Waals surface area contributed by atoms with E-state index in [2.05, 4.69) is 6.92 Å². The number of phenols is 1. The van der Waals surface area contributed by atoms with E-state index in [0.717, 1.165) is 12.8 Å². The molecule has 100 valence electrons. The molecule has 1 aromatic rings. The first-order chi connectivity index (χ1) is 8.52. The maximum absolute atomic E-state index is 12.3. The molecule has 0 aliphatic heterocycles. The number of rotatable bonds is 5. The van der Waals surface area contributed by atoms with Crippen molar-refractivity contribution in [2.75, 3.05) is 14.2 Å². The van der Waals surface area contributed by atoms with Gasteiger partial charge in [-0.25, -0.2) is 0 Å². The van der Waals surface area contributed by atoms with Gasteiger partial charge < -0.3 is 14.7 Å². The zero-order valence-electron chi connectivity index (χ0n) is 11.4. The zero-order valence-corrected chi connectivity index (χ0v) is 11.4. The monoisotopic (exact) mass is 251 g/mol. The lowest BCUT2D eigenvalue weighted by atomic mass is 10.1. The molecule has 1 rings (SSSR count). The van der Waals surface area contributed by atoms with Gasteiger partial charge in [-0.05, 0) is 25.5 Å². The van der Waals surface area contributed by atoms with Gasteiger partial charge in [0.2, 0.25) is 0 Å². The summed E-state index contributed by atoms with van der Waals surface area (Å²) in [5, 5.41) is 9.95. The van der Waals surface area contributed by atoms with E-state index >= 15 is 0 Å². The smallest absolute Gasteiger partial charge is 0.257 e. The number of carbonyl (C=O) groups is 1. The maximum atomic E-state index is 12.3. The fourth-order valence-electron chi connectivity index (χ4n) is 1.86. The third-order valence-electron chi connectivity index (χ3n) is 3.14. The number of para-hydroxylation sites is 1. The molecule has 0 saturated heterocycles. The number of methoxy groups -OCH3 is 1. The molecular weight excluding hydrogens is 230 g/mol. The van der Waals surface area contributed by atoms with Crippen molar-refractivity contribution in [2.24, 2.45) is 0 Å². The average Bonchev–Trinajstić information content (AvgIpc) is 2.37. The van der Waals surface area contributed by atoms with Crippen LogP contribution in [0.3, 0.4) is 0 Å². The molecule has 18 heavy (non-hydrogen) atoms. The Bertz CT molecular complexity index is 418. The summed E-state index contributed by atoms with van der Waals surface area (Å²) in [7, 11) is 3.22. The second-order valence-electron chi connectivity index (χ2n) is 4.41. The van der Waals surface area contributed by atoms with Gasteiger partial charge in [0.05, 0.1) is 12.7 Å². The molecule has 1 amide bonds. The fourth-order valence-corrected chi connectivity index (χ4v) is 1.86. The molecule has 0 heterocycles. The Morgan fingerprint density at radius 1 is 1.50 bits per heavy atom. The van der Waals surface area contributed by atoms with Crippen LogP contribution in [0.5, 0.6) is 11.5 Å². The first-order valence-corrected chi connectivity index (χ1v) is 6.16. The minimum Gasteiger partial charge on any atom is -0.504 e. The van der Waals surface area contributed by atoms with Crippen LogP contribution in [-0.2, 0) is 0 Å². The standard InChI is InChI=1S/C14H21NO3/c1-5-7-10(2)15(3)14(17)11-8-6-9-12(18-4)13(11)16/h6,8-10,16H,5,7H2,1-4H3. The molecule has 0 aliphatic rings. The van der Waals surface area contributed by atoms with Crippen molar-refractivity contribution in [1.29, 1.82) is 0 Å². The van der Waals surface area contributed by atoms with E-state index in [4.69, 9.17) is 4.74 Å². The van der Waals surface area contributed by atoms with Gasteiger partial charge in [-0.3, -0.25) is 4.79 Å². The van der Waals surface area contributed by atoms with E-state index in [1.54, 1.807) is 30.1 Å². The van der Waals surface area contributed by atoms with Gasteiger partial charge in [-0.1, -0.05) is 19.4 Å². The van der Waals surface area contributed by atoms with Crippen LogP contribution in [0.1, 0.15) is 37.0 Å². The predicted octanol–water partition coefficient (Wildman–Crippen LogP) is 2.66. The average molecular weight is 251 g/mol. The van der Waals surface area contributed by atoms with E-state index in [9.17, 15) is 9.90 Å². The molecule has 4 heteroatoms. The van der Waals surface area contributed by atoms with Crippen LogP contribution < -0.4 is 4.74 Å². The summed E-state index contributed by atoms with van der Waals surface area (Å²) in [5.74, 6) is 0.0327. The molecule has 1 aromatic carbocycles. The highest BCUT2D eigenvalue weighted by molar-refractivity contribution is 5.97. The first kappa shape index (κ1) is 14.4. The summed E-state index contributed by atoms with van der Waals surface area (Å²) in [6.07, 6.45) is 1.95. The number of hydrogen-bond acceptors (Lipinski definition) is 3. The number of carbonyl (C=O) groups excluding carboxylic acids is 1. The molecule has 1 N–H and O–H groups in total. The van der Waals surface area contributed by atoms with Crippen LogP contribution in [0, 0.1) is 0 Å². The molecule has 0 saturated carbocycles. The largest absolute Gasteiger partial charge is 0.504 e. The number of hydrogen-bond donors (Lipinski definition) is 1. The third-order valence-corrected chi connectivity index (χ3v) is 3.14. The third kappa shape index (κ3) is 2.94. The van der Waals surface area contributed by atoms with Gasteiger partial charge >= 0.3 is 0 Å². The molecular formula is C14H21NO3. The highest BCUT2D eigenvalue weighted by atomic mass is 16.5. The topological polar surface area (TPSA) is 49.8 Å². The number of amides is 1. The quantitative estimate of drug-likeness (QED) is 0.875. The Morgan fingerprint density at radius 3 is 2.72 bits per heavy atom. The second-order valence-corrected chi connectivity index (χ2v) is 4.41. The lowest BCUT2D eigenvalue weighted by Crippen LogP contribution is -2.35. The van der Waals surface area contributed by atoms with Crippen molar-refractivity contribution >= 4 is 5.91 Å². The Hall–Kier alpha value is -1.71. The molecule has 4 nitrogen and oxygen atoms in total. The van der Waals surface area contributed by atoms with Crippen molar-refractivity contribution in [3.05, 3.63) is 23.8 Å². The summed E-state index contributed by atoms with van der Waals surface area (Å²) in [4.78, 5) is 13.9. The van der Waals surface area contributed by atoms with Gasteiger partial charge in [0, 0.05) is 13.1 Å². The molecule has 0 radical (unpaired) electrons. The summed E-state index contributed by atoms with van der Waals surface area (Å²) < 4.78 is 5.00. The Kier molecular flexibility index (Phi) is 5.01. The minimum atomic E-state index is -0.188. The summed E-state index contributed by atoms with van der Waals surface area (Å²) in [5.41, 5.74) is 0.278. The Balaban J connectivity index is 2.97. The van der Waals surface area contributed by atoms with E-state index < -0.39 is 0 Å². The number of phenolic OH excluding ortho intramolecular Hbond substituents is 1. The van der Waals surface area contributed by atoms with E-state index in [0.29, 0.717) is 5.75 Å². The molecule has 0 bridgehead atoms. The first-order valence-electron chi connectivity index (χ1n) is 6.16.